The zero-order chi connectivity index (χ0) is 20.0. The Kier molecular flexibility index (Phi) is 6.50. The molecule has 2 N–H and O–H groups in total. The molecular formula is C20H26N4O3. The minimum Gasteiger partial charge on any atom is -0.444 e. The molecule has 0 fully saturated rings. The van der Waals surface area contributed by atoms with Crippen LogP contribution in [0.2, 0.25) is 0 Å². The van der Waals surface area contributed by atoms with Crippen LogP contribution in [0.15, 0.2) is 41.6 Å². The molecule has 1 aromatic carbocycles. The summed E-state index contributed by atoms with van der Waals surface area (Å²) in [7, 11) is 0. The summed E-state index contributed by atoms with van der Waals surface area (Å²) in [6, 6.07) is 8.77. The highest BCUT2D eigenvalue weighted by molar-refractivity contribution is 5.97. The van der Waals surface area contributed by atoms with E-state index in [1.807, 2.05) is 44.2 Å². The number of aromatic nitrogens is 1. The average molecular weight is 370 g/mol. The molecule has 1 heterocycles. The van der Waals surface area contributed by atoms with E-state index in [0.717, 1.165) is 16.5 Å². The van der Waals surface area contributed by atoms with Crippen molar-refractivity contribution in [2.75, 3.05) is 0 Å². The molecule has 0 aliphatic heterocycles. The molecule has 7 nitrogen and oxygen atoms in total. The lowest BCUT2D eigenvalue weighted by Gasteiger charge is -2.24. The summed E-state index contributed by atoms with van der Waals surface area (Å²) in [5, 5.41) is 7.60. The Morgan fingerprint density at radius 3 is 2.56 bits per heavy atom. The quantitative estimate of drug-likeness (QED) is 0.624. The van der Waals surface area contributed by atoms with Gasteiger partial charge in [-0.2, -0.15) is 5.10 Å². The van der Waals surface area contributed by atoms with E-state index in [2.05, 4.69) is 20.8 Å². The van der Waals surface area contributed by atoms with Crippen LogP contribution in [-0.2, 0) is 9.53 Å². The second-order valence-corrected chi connectivity index (χ2v) is 7.52. The van der Waals surface area contributed by atoms with E-state index in [1.165, 1.54) is 6.21 Å². The Labute approximate surface area is 159 Å². The van der Waals surface area contributed by atoms with Gasteiger partial charge >= 0.3 is 6.09 Å². The molecule has 2 rings (SSSR count). The number of carbonyl (C=O) groups excluding carboxylic acids is 2. The molecule has 0 saturated carbocycles. The Hall–Kier alpha value is -2.96. The van der Waals surface area contributed by atoms with E-state index >= 15 is 0 Å². The average Bonchev–Trinajstić information content (AvgIpc) is 2.58. The van der Waals surface area contributed by atoms with Gasteiger partial charge in [0.05, 0.1) is 11.7 Å². The zero-order valence-electron chi connectivity index (χ0n) is 16.3. The van der Waals surface area contributed by atoms with E-state index in [4.69, 9.17) is 4.74 Å². The molecule has 0 bridgehead atoms. The van der Waals surface area contributed by atoms with Crippen LogP contribution in [0.5, 0.6) is 0 Å². The van der Waals surface area contributed by atoms with Gasteiger partial charge in [0.2, 0.25) is 0 Å². The number of rotatable bonds is 5. The van der Waals surface area contributed by atoms with Gasteiger partial charge in [0.25, 0.3) is 5.91 Å². The molecule has 7 heteroatoms. The SMILES string of the molecule is CC(C)[C@H](NC(=O)OC(C)(C)C)C(=O)N/N=C/c1cccc2cccnc12. The molecule has 144 valence electrons. The molecule has 0 unspecified atom stereocenters. The summed E-state index contributed by atoms with van der Waals surface area (Å²) in [6.45, 7) is 8.96. The molecule has 1 aromatic heterocycles. The van der Waals surface area contributed by atoms with Gasteiger partial charge in [-0.1, -0.05) is 38.1 Å². The molecule has 0 spiro atoms. The molecule has 0 radical (unpaired) electrons. The number of fused-ring (bicyclic) bond motifs is 1. The summed E-state index contributed by atoms with van der Waals surface area (Å²) >= 11 is 0. The van der Waals surface area contributed by atoms with Gasteiger partial charge in [0.15, 0.2) is 0 Å². The monoisotopic (exact) mass is 370 g/mol. The first kappa shape index (κ1) is 20.4. The Morgan fingerprint density at radius 2 is 1.89 bits per heavy atom. The Balaban J connectivity index is 2.05. The smallest absolute Gasteiger partial charge is 0.408 e. The van der Waals surface area contributed by atoms with Crippen LogP contribution in [0.25, 0.3) is 10.9 Å². The number of alkyl carbamates (subject to hydrolysis) is 1. The van der Waals surface area contributed by atoms with Crippen LogP contribution < -0.4 is 10.7 Å². The highest BCUT2D eigenvalue weighted by Gasteiger charge is 2.26. The van der Waals surface area contributed by atoms with Crippen molar-refractivity contribution >= 4 is 29.1 Å². The van der Waals surface area contributed by atoms with Gasteiger partial charge in [-0.3, -0.25) is 9.78 Å². The molecule has 0 aliphatic rings. The lowest BCUT2D eigenvalue weighted by atomic mass is 10.0. The largest absolute Gasteiger partial charge is 0.444 e. The number of hydrogen-bond acceptors (Lipinski definition) is 5. The van der Waals surface area contributed by atoms with Crippen LogP contribution >= 0.6 is 0 Å². The molecule has 2 aromatic rings. The highest BCUT2D eigenvalue weighted by atomic mass is 16.6. The van der Waals surface area contributed by atoms with E-state index in [1.54, 1.807) is 27.0 Å². The van der Waals surface area contributed by atoms with Crippen molar-refractivity contribution in [1.29, 1.82) is 0 Å². The number of para-hydroxylation sites is 1. The van der Waals surface area contributed by atoms with Gasteiger partial charge in [-0.25, -0.2) is 10.2 Å². The van der Waals surface area contributed by atoms with Gasteiger partial charge in [0.1, 0.15) is 11.6 Å². The molecule has 2 amide bonds. The molecule has 0 aliphatic carbocycles. The first-order valence-corrected chi connectivity index (χ1v) is 8.83. The molecular weight excluding hydrogens is 344 g/mol. The van der Waals surface area contributed by atoms with Crippen molar-refractivity contribution in [3.05, 3.63) is 42.1 Å². The maximum Gasteiger partial charge on any atom is 0.408 e. The van der Waals surface area contributed by atoms with Crippen LogP contribution in [-0.4, -0.2) is 34.8 Å². The maximum absolute atomic E-state index is 12.4. The first-order chi connectivity index (χ1) is 12.7. The van der Waals surface area contributed by atoms with E-state index in [9.17, 15) is 9.59 Å². The number of nitrogens with one attached hydrogen (secondary N) is 2. The summed E-state index contributed by atoms with van der Waals surface area (Å²) in [6.07, 6.45) is 2.61. The van der Waals surface area contributed by atoms with Crippen molar-refractivity contribution in [2.24, 2.45) is 11.0 Å². The number of pyridine rings is 1. The number of hydrogen-bond donors (Lipinski definition) is 2. The summed E-state index contributed by atoms with van der Waals surface area (Å²) < 4.78 is 5.21. The minimum atomic E-state index is -0.761. The fourth-order valence-electron chi connectivity index (χ4n) is 2.44. The van der Waals surface area contributed by atoms with E-state index < -0.39 is 23.6 Å². The number of ether oxygens (including phenoxy) is 1. The fourth-order valence-corrected chi connectivity index (χ4v) is 2.44. The van der Waals surface area contributed by atoms with Crippen molar-refractivity contribution in [1.82, 2.24) is 15.7 Å². The highest BCUT2D eigenvalue weighted by Crippen LogP contribution is 2.14. The number of nitrogens with zero attached hydrogens (tertiary/aromatic N) is 2. The van der Waals surface area contributed by atoms with Crippen molar-refractivity contribution in [3.8, 4) is 0 Å². The minimum absolute atomic E-state index is 0.132. The van der Waals surface area contributed by atoms with Crippen LogP contribution in [0.1, 0.15) is 40.2 Å². The third-order valence-electron chi connectivity index (χ3n) is 3.66. The fraction of sp³-hybridized carbons (Fsp3) is 0.400. The number of amides is 2. The second-order valence-electron chi connectivity index (χ2n) is 7.52. The van der Waals surface area contributed by atoms with Gasteiger partial charge in [-0.15, -0.1) is 0 Å². The van der Waals surface area contributed by atoms with E-state index in [0.29, 0.717) is 0 Å². The summed E-state index contributed by atoms with van der Waals surface area (Å²) in [5.41, 5.74) is 3.42. The lowest BCUT2D eigenvalue weighted by molar-refractivity contribution is -0.124. The summed E-state index contributed by atoms with van der Waals surface area (Å²) in [4.78, 5) is 28.7. The van der Waals surface area contributed by atoms with Crippen molar-refractivity contribution in [3.63, 3.8) is 0 Å². The van der Waals surface area contributed by atoms with Crippen LogP contribution in [0.3, 0.4) is 0 Å². The molecule has 1 atom stereocenters. The standard InChI is InChI=1S/C20H26N4O3/c1-13(2)16(23-19(26)27-20(3,4)5)18(25)24-22-12-15-9-6-8-14-10-7-11-21-17(14)15/h6-13,16H,1-5H3,(H,23,26)(H,24,25)/b22-12+/t16-/m0/s1. The normalized spacial score (nSPS) is 13.0. The zero-order valence-corrected chi connectivity index (χ0v) is 16.3. The number of hydrazone groups is 1. The van der Waals surface area contributed by atoms with Crippen LogP contribution in [0, 0.1) is 5.92 Å². The van der Waals surface area contributed by atoms with Crippen molar-refractivity contribution < 1.29 is 14.3 Å². The predicted molar refractivity (Wildman–Crippen MR) is 105 cm³/mol. The Morgan fingerprint density at radius 1 is 1.19 bits per heavy atom. The van der Waals surface area contributed by atoms with E-state index in [-0.39, 0.29) is 5.92 Å². The third kappa shape index (κ3) is 6.06. The number of benzene rings is 1. The molecule has 0 saturated heterocycles. The van der Waals surface area contributed by atoms with Gasteiger partial charge < -0.3 is 10.1 Å². The van der Waals surface area contributed by atoms with Crippen LogP contribution in [0.4, 0.5) is 4.79 Å². The van der Waals surface area contributed by atoms with Gasteiger partial charge in [0, 0.05) is 17.1 Å². The topological polar surface area (TPSA) is 92.7 Å². The lowest BCUT2D eigenvalue weighted by Crippen LogP contribution is -2.49. The second kappa shape index (κ2) is 8.62. The summed E-state index contributed by atoms with van der Waals surface area (Å²) in [5.74, 6) is -0.549. The number of carbonyl (C=O) groups is 2. The Bertz CT molecular complexity index is 835. The third-order valence-corrected chi connectivity index (χ3v) is 3.66. The first-order valence-electron chi connectivity index (χ1n) is 8.83. The van der Waals surface area contributed by atoms with Gasteiger partial charge in [-0.05, 0) is 32.8 Å². The van der Waals surface area contributed by atoms with Crippen molar-refractivity contribution in [2.45, 2.75) is 46.3 Å². The maximum atomic E-state index is 12.4. The molecule has 27 heavy (non-hydrogen) atoms. The predicted octanol–water partition coefficient (Wildman–Crippen LogP) is 3.23.